The number of nitrogens with zero attached hydrogens (tertiary/aromatic N) is 2. The molecule has 1 heterocycles. The summed E-state index contributed by atoms with van der Waals surface area (Å²) < 4.78 is 0. The van der Waals surface area contributed by atoms with Gasteiger partial charge in [0.1, 0.15) is 0 Å². The summed E-state index contributed by atoms with van der Waals surface area (Å²) in [6, 6.07) is 3.75. The van der Waals surface area contributed by atoms with Gasteiger partial charge in [0.15, 0.2) is 5.82 Å². The number of allylic oxidation sites excluding steroid dienone is 1. The van der Waals surface area contributed by atoms with Gasteiger partial charge < -0.3 is 16.2 Å². The molecule has 114 valence electrons. The highest BCUT2D eigenvalue weighted by Crippen LogP contribution is 2.47. The van der Waals surface area contributed by atoms with Crippen LogP contribution < -0.4 is 11.1 Å². The van der Waals surface area contributed by atoms with E-state index in [-0.39, 0.29) is 11.5 Å². The van der Waals surface area contributed by atoms with E-state index in [0.29, 0.717) is 23.9 Å². The Hall–Kier alpha value is -1.43. The highest BCUT2D eigenvalue weighted by atomic mass is 35.5. The van der Waals surface area contributed by atoms with Gasteiger partial charge in [0.2, 0.25) is 0 Å². The Kier molecular flexibility index (Phi) is 5.33. The van der Waals surface area contributed by atoms with E-state index in [1.807, 2.05) is 12.1 Å². The molecule has 0 aromatic carbocycles. The first-order chi connectivity index (χ1) is 10.0. The van der Waals surface area contributed by atoms with Gasteiger partial charge in [-0.3, -0.25) is 0 Å². The lowest BCUT2D eigenvalue weighted by Gasteiger charge is -2.17. The molecule has 0 radical (unpaired) electrons. The number of rotatable bonds is 7. The second-order valence-electron chi connectivity index (χ2n) is 5.64. The van der Waals surface area contributed by atoms with Crippen LogP contribution in [0.25, 0.3) is 0 Å². The van der Waals surface area contributed by atoms with Crippen LogP contribution in [-0.4, -0.2) is 29.0 Å². The zero-order valence-corrected chi connectivity index (χ0v) is 12.8. The predicted molar refractivity (Wildman–Crippen MR) is 85.6 cm³/mol. The molecule has 6 heteroatoms. The van der Waals surface area contributed by atoms with E-state index >= 15 is 0 Å². The molecule has 1 aliphatic rings. The van der Waals surface area contributed by atoms with Crippen molar-refractivity contribution in [3.05, 3.63) is 35.1 Å². The molecular formula is C15H21ClN4O. The van der Waals surface area contributed by atoms with Crippen LogP contribution in [0.4, 0.5) is 5.82 Å². The van der Waals surface area contributed by atoms with Crippen LogP contribution in [0.3, 0.4) is 0 Å². The fraction of sp³-hybridized carbons (Fsp3) is 0.467. The molecule has 1 aromatic rings. The first-order valence-corrected chi connectivity index (χ1v) is 7.36. The Morgan fingerprint density at radius 3 is 2.95 bits per heavy atom. The van der Waals surface area contributed by atoms with Gasteiger partial charge in [-0.05, 0) is 29.9 Å². The number of pyridine rings is 1. The minimum Gasteiger partial charge on any atom is -0.403 e. The molecule has 1 aliphatic carbocycles. The van der Waals surface area contributed by atoms with Gasteiger partial charge >= 0.3 is 0 Å². The van der Waals surface area contributed by atoms with Crippen molar-refractivity contribution in [3.63, 3.8) is 0 Å². The van der Waals surface area contributed by atoms with Gasteiger partial charge in [-0.15, -0.1) is 0 Å². The molecule has 2 rings (SSSR count). The quantitative estimate of drug-likeness (QED) is 0.673. The van der Waals surface area contributed by atoms with E-state index in [1.165, 1.54) is 12.4 Å². The molecule has 0 saturated heterocycles. The number of hydrogen-bond donors (Lipinski definition) is 3. The number of halogens is 1. The van der Waals surface area contributed by atoms with E-state index in [2.05, 4.69) is 22.2 Å². The molecular weight excluding hydrogens is 288 g/mol. The summed E-state index contributed by atoms with van der Waals surface area (Å²) in [6.45, 7) is 3.40. The Labute approximate surface area is 129 Å². The van der Waals surface area contributed by atoms with Crippen molar-refractivity contribution >= 4 is 23.6 Å². The second-order valence-corrected chi connectivity index (χ2v) is 6.07. The molecule has 4 N–H and O–H groups in total. The van der Waals surface area contributed by atoms with E-state index in [9.17, 15) is 5.11 Å². The number of aromatic nitrogens is 1. The Balaban J connectivity index is 1.78. The highest BCUT2D eigenvalue weighted by Gasteiger charge is 2.43. The van der Waals surface area contributed by atoms with Crippen molar-refractivity contribution in [1.29, 1.82) is 0 Å². The fourth-order valence-electron chi connectivity index (χ4n) is 1.90. The highest BCUT2D eigenvalue weighted by molar-refractivity contribution is 6.39. The van der Waals surface area contributed by atoms with Crippen LogP contribution in [-0.2, 0) is 6.54 Å². The van der Waals surface area contributed by atoms with Crippen molar-refractivity contribution in [2.75, 3.05) is 6.54 Å². The molecule has 21 heavy (non-hydrogen) atoms. The molecule has 0 spiro atoms. The van der Waals surface area contributed by atoms with Crippen molar-refractivity contribution in [2.45, 2.75) is 32.4 Å². The molecule has 1 aromatic heterocycles. The van der Waals surface area contributed by atoms with Crippen LogP contribution in [0.1, 0.15) is 25.3 Å². The predicted octanol–water partition coefficient (Wildman–Crippen LogP) is 2.07. The van der Waals surface area contributed by atoms with Gasteiger partial charge in [0, 0.05) is 31.7 Å². The molecule has 1 saturated carbocycles. The average molecular weight is 309 g/mol. The summed E-state index contributed by atoms with van der Waals surface area (Å²) in [4.78, 5) is 8.31. The first kappa shape index (κ1) is 15.9. The number of aliphatic hydroxyl groups is 1. The van der Waals surface area contributed by atoms with Crippen LogP contribution >= 0.6 is 11.6 Å². The number of nitrogens with one attached hydrogen (secondary N) is 1. The number of aliphatic imine (C=N–C) groups is 1. The van der Waals surface area contributed by atoms with Crippen LogP contribution in [0, 0.1) is 5.41 Å². The third kappa shape index (κ3) is 4.81. The number of aliphatic hydroxyl groups excluding tert-OH is 1. The Morgan fingerprint density at radius 1 is 1.62 bits per heavy atom. The van der Waals surface area contributed by atoms with E-state index in [0.717, 1.165) is 18.4 Å². The number of hydrogen-bond acceptors (Lipinski definition) is 5. The van der Waals surface area contributed by atoms with Crippen molar-refractivity contribution in [2.24, 2.45) is 16.1 Å². The number of nitrogens with two attached hydrogens (primary N) is 1. The maximum Gasteiger partial charge on any atom is 0.151 e. The van der Waals surface area contributed by atoms with E-state index < -0.39 is 0 Å². The van der Waals surface area contributed by atoms with Gasteiger partial charge in [-0.2, -0.15) is 0 Å². The van der Waals surface area contributed by atoms with Crippen molar-refractivity contribution in [3.8, 4) is 0 Å². The smallest absolute Gasteiger partial charge is 0.151 e. The van der Waals surface area contributed by atoms with Gasteiger partial charge in [0.05, 0.1) is 11.1 Å². The summed E-state index contributed by atoms with van der Waals surface area (Å²) in [5.74, 6) is 0.573. The maximum absolute atomic E-state index is 9.99. The summed E-state index contributed by atoms with van der Waals surface area (Å²) >= 11 is 5.71. The molecule has 0 aliphatic heterocycles. The van der Waals surface area contributed by atoms with Gasteiger partial charge in [-0.25, -0.2) is 9.98 Å². The Morgan fingerprint density at radius 2 is 2.38 bits per heavy atom. The maximum atomic E-state index is 9.99. The first-order valence-electron chi connectivity index (χ1n) is 6.99. The normalized spacial score (nSPS) is 18.9. The van der Waals surface area contributed by atoms with Crippen LogP contribution in [0.5, 0.6) is 0 Å². The molecule has 1 atom stereocenters. The summed E-state index contributed by atoms with van der Waals surface area (Å²) in [5, 5.41) is 13.6. The Bertz CT molecular complexity index is 523. The minimum absolute atomic E-state index is 0.125. The topological polar surface area (TPSA) is 83.5 Å². The average Bonchev–Trinajstić information content (AvgIpc) is 3.25. The lowest BCUT2D eigenvalue weighted by molar-refractivity contribution is 0.101. The molecule has 0 bridgehead atoms. The molecule has 1 fully saturated rings. The van der Waals surface area contributed by atoms with Gasteiger partial charge in [-0.1, -0.05) is 24.6 Å². The molecule has 0 amide bonds. The van der Waals surface area contributed by atoms with Crippen LogP contribution in [0.15, 0.2) is 34.6 Å². The third-order valence-corrected chi connectivity index (χ3v) is 4.02. The summed E-state index contributed by atoms with van der Waals surface area (Å²) in [5.41, 5.74) is 6.41. The SMILES string of the molecule is CC1(C(O)CNCc2ccc(N=C/C(Cl)=C\N)nc2)CC1. The minimum atomic E-state index is -0.278. The lowest BCUT2D eigenvalue weighted by atomic mass is 10.0. The van der Waals surface area contributed by atoms with Crippen LogP contribution in [0.2, 0.25) is 0 Å². The van der Waals surface area contributed by atoms with Crippen molar-refractivity contribution in [1.82, 2.24) is 10.3 Å². The third-order valence-electron chi connectivity index (χ3n) is 3.80. The lowest BCUT2D eigenvalue weighted by Crippen LogP contribution is -2.32. The summed E-state index contributed by atoms with van der Waals surface area (Å²) in [7, 11) is 0. The van der Waals surface area contributed by atoms with Crippen molar-refractivity contribution < 1.29 is 5.11 Å². The zero-order chi connectivity index (χ0) is 15.3. The van der Waals surface area contributed by atoms with E-state index in [4.69, 9.17) is 17.3 Å². The molecule has 1 unspecified atom stereocenters. The monoisotopic (exact) mass is 308 g/mol. The standard InChI is InChI=1S/C15H21ClN4O/c1-15(4-5-15)13(21)10-18-7-11-2-3-14(19-8-11)20-9-12(16)6-17/h2-3,6,8-9,13,18,21H,4-5,7,10,17H2,1H3/b12-6+,20-9?. The largest absolute Gasteiger partial charge is 0.403 e. The van der Waals surface area contributed by atoms with E-state index in [1.54, 1.807) is 6.20 Å². The molecule has 5 nitrogen and oxygen atoms in total. The summed E-state index contributed by atoms with van der Waals surface area (Å²) in [6.07, 6.45) is 6.43. The fourth-order valence-corrected chi connectivity index (χ4v) is 1.95. The second kappa shape index (κ2) is 7.02. The zero-order valence-electron chi connectivity index (χ0n) is 12.1. The van der Waals surface area contributed by atoms with Gasteiger partial charge in [0.25, 0.3) is 0 Å².